The lowest BCUT2D eigenvalue weighted by Crippen LogP contribution is -2.23. The van der Waals surface area contributed by atoms with E-state index in [9.17, 15) is 0 Å². The molecule has 0 bridgehead atoms. The van der Waals surface area contributed by atoms with Crippen LogP contribution in [0.2, 0.25) is 0 Å². The van der Waals surface area contributed by atoms with Gasteiger partial charge in [-0.2, -0.15) is 9.59 Å². The number of hydrogen-bond acceptors (Lipinski definition) is 6. The van der Waals surface area contributed by atoms with Crippen LogP contribution in [-0.4, -0.2) is 42.8 Å². The van der Waals surface area contributed by atoms with Crippen LogP contribution in [0.5, 0.6) is 0 Å². The van der Waals surface area contributed by atoms with Crippen LogP contribution in [0.4, 0.5) is 0 Å². The Bertz CT molecular complexity index is 1060. The fourth-order valence-corrected chi connectivity index (χ4v) is 4.76. The smallest absolute Gasteiger partial charge is 0.318 e. The summed E-state index contributed by atoms with van der Waals surface area (Å²) in [4.78, 5) is 21.5. The van der Waals surface area contributed by atoms with Gasteiger partial charge in [0.15, 0.2) is 0 Å². The summed E-state index contributed by atoms with van der Waals surface area (Å²) in [5.41, 5.74) is 12.1. The number of aromatic nitrogens is 1. The van der Waals surface area contributed by atoms with Crippen molar-refractivity contribution in [2.45, 2.75) is 87.5 Å². The van der Waals surface area contributed by atoms with Crippen LogP contribution in [-0.2, 0) is 16.0 Å². The minimum Gasteiger partial charge on any atom is -0.318 e. The molecular weight excluding hydrogens is 496 g/mol. The molecule has 2 aromatic rings. The zero-order chi connectivity index (χ0) is 30.3. The maximum absolute atomic E-state index is 8.12. The first-order valence-corrected chi connectivity index (χ1v) is 15.1. The van der Waals surface area contributed by atoms with Crippen LogP contribution >= 0.6 is 0 Å². The molecule has 0 aliphatic carbocycles. The Kier molecular flexibility index (Phi) is 21.0. The third-order valence-electron chi connectivity index (χ3n) is 6.51. The summed E-state index contributed by atoms with van der Waals surface area (Å²) in [6, 6.07) is 13.3. The summed E-state index contributed by atoms with van der Waals surface area (Å²) in [5, 5.41) is 5.50. The van der Waals surface area contributed by atoms with E-state index in [1.807, 2.05) is 27.7 Å². The van der Waals surface area contributed by atoms with Crippen molar-refractivity contribution in [1.29, 1.82) is 0 Å². The van der Waals surface area contributed by atoms with Gasteiger partial charge in [0.1, 0.15) is 0 Å². The molecule has 1 aliphatic rings. The van der Waals surface area contributed by atoms with Gasteiger partial charge in [-0.1, -0.05) is 104 Å². The monoisotopic (exact) mass is 552 g/mol. The van der Waals surface area contributed by atoms with E-state index in [0.717, 1.165) is 31.7 Å². The predicted molar refractivity (Wildman–Crippen MR) is 172 cm³/mol. The molecule has 0 fully saturated rings. The summed E-state index contributed by atoms with van der Waals surface area (Å²) in [6.07, 6.45) is 10.7. The fourth-order valence-electron chi connectivity index (χ4n) is 4.76. The van der Waals surface area contributed by atoms with E-state index >= 15 is 0 Å². The van der Waals surface area contributed by atoms with Gasteiger partial charge in [0.25, 0.3) is 0 Å². The van der Waals surface area contributed by atoms with Crippen molar-refractivity contribution >= 4 is 17.3 Å². The maximum atomic E-state index is 8.12. The Labute approximate surface area is 245 Å². The Hall–Kier alpha value is -3.05. The Morgan fingerprint density at radius 3 is 2.27 bits per heavy atom. The molecule has 1 aromatic heterocycles. The minimum absolute atomic E-state index is 0. The lowest BCUT2D eigenvalue weighted by Gasteiger charge is -2.18. The number of carbonyl (C=O) groups excluding carboxylic acids is 2. The second kappa shape index (κ2) is 22.7. The van der Waals surface area contributed by atoms with Crippen LogP contribution in [0.15, 0.2) is 48.7 Å². The molecule has 3 rings (SSSR count). The molecule has 0 radical (unpaired) electrons. The van der Waals surface area contributed by atoms with Crippen LogP contribution in [0.25, 0.3) is 22.4 Å². The summed E-state index contributed by atoms with van der Waals surface area (Å²) < 4.78 is 0. The van der Waals surface area contributed by atoms with Crippen LogP contribution < -0.4 is 10.7 Å². The van der Waals surface area contributed by atoms with Gasteiger partial charge in [-0.05, 0) is 54.6 Å². The van der Waals surface area contributed by atoms with Gasteiger partial charge < -0.3 is 10.3 Å². The average Bonchev–Trinajstić information content (AvgIpc) is 3.42. The summed E-state index contributed by atoms with van der Waals surface area (Å²) in [7, 11) is 2.06. The van der Waals surface area contributed by atoms with Gasteiger partial charge in [0, 0.05) is 44.6 Å². The van der Waals surface area contributed by atoms with E-state index in [1.54, 1.807) is 0 Å². The molecule has 224 valence electrons. The van der Waals surface area contributed by atoms with Crippen LogP contribution in [0, 0.1) is 5.92 Å². The van der Waals surface area contributed by atoms with E-state index in [0.29, 0.717) is 5.92 Å². The summed E-state index contributed by atoms with van der Waals surface area (Å²) >= 11 is 0. The Morgan fingerprint density at radius 2 is 1.75 bits per heavy atom. The van der Waals surface area contributed by atoms with Crippen molar-refractivity contribution in [2.75, 3.05) is 26.7 Å². The molecule has 0 spiro atoms. The van der Waals surface area contributed by atoms with Gasteiger partial charge in [-0.25, -0.2) is 5.43 Å². The Balaban J connectivity index is 0. The minimum atomic E-state index is 0. The number of likely N-dealkylation sites (N-methyl/N-ethyl adjacent to an activating group) is 1. The number of nitrogens with zero attached hydrogens (tertiary/aromatic N) is 2. The van der Waals surface area contributed by atoms with Crippen LogP contribution in [0.1, 0.15) is 99.3 Å². The zero-order valence-corrected chi connectivity index (χ0v) is 26.6. The highest BCUT2D eigenvalue weighted by Crippen LogP contribution is 2.30. The van der Waals surface area contributed by atoms with Crippen molar-refractivity contribution in [2.24, 2.45) is 5.92 Å². The third kappa shape index (κ3) is 12.4. The van der Waals surface area contributed by atoms with E-state index in [1.165, 1.54) is 59.2 Å². The normalized spacial score (nSPS) is 12.3. The topological polar surface area (TPSA) is 74.3 Å². The van der Waals surface area contributed by atoms with Gasteiger partial charge in [0.05, 0.1) is 5.69 Å². The number of pyridine rings is 1. The molecule has 1 aliphatic heterocycles. The van der Waals surface area contributed by atoms with E-state index in [4.69, 9.17) is 14.6 Å². The molecule has 0 saturated carbocycles. The highest BCUT2D eigenvalue weighted by atomic mass is 16.2. The first-order valence-electron chi connectivity index (χ1n) is 15.1. The number of rotatable bonds is 12. The van der Waals surface area contributed by atoms with E-state index in [-0.39, 0.29) is 7.58 Å². The van der Waals surface area contributed by atoms with Gasteiger partial charge >= 0.3 is 6.15 Å². The second-order valence-electron chi connectivity index (χ2n) is 9.20. The van der Waals surface area contributed by atoms with E-state index < -0.39 is 0 Å². The van der Waals surface area contributed by atoms with Crippen molar-refractivity contribution < 1.29 is 11.0 Å². The highest BCUT2D eigenvalue weighted by Gasteiger charge is 2.19. The molecular formula is C34H56N4O2. The molecule has 6 heteroatoms. The average molecular weight is 553 g/mol. The lowest BCUT2D eigenvalue weighted by molar-refractivity contribution is -0.191. The van der Waals surface area contributed by atoms with Gasteiger partial charge in [-0.3, -0.25) is 4.98 Å². The molecule has 2 heterocycles. The Morgan fingerprint density at radius 1 is 1.10 bits per heavy atom. The van der Waals surface area contributed by atoms with Crippen molar-refractivity contribution in [3.05, 3.63) is 65.5 Å². The number of benzene rings is 1. The molecule has 0 unspecified atom stereocenters. The molecule has 40 heavy (non-hydrogen) atoms. The predicted octanol–water partition coefficient (Wildman–Crippen LogP) is 8.03. The number of hydrogen-bond donors (Lipinski definition) is 2. The first-order chi connectivity index (χ1) is 19.5. The summed E-state index contributed by atoms with van der Waals surface area (Å²) in [5.74, 6) is 0.690. The largest absolute Gasteiger partial charge is 0.373 e. The maximum Gasteiger partial charge on any atom is 0.373 e. The van der Waals surface area contributed by atoms with Crippen molar-refractivity contribution in [1.82, 2.24) is 20.7 Å². The highest BCUT2D eigenvalue weighted by molar-refractivity contribution is 5.74. The van der Waals surface area contributed by atoms with Gasteiger partial charge in [-0.15, -0.1) is 0 Å². The molecule has 6 nitrogen and oxygen atoms in total. The van der Waals surface area contributed by atoms with Crippen molar-refractivity contribution in [3.63, 3.8) is 0 Å². The fraction of sp³-hybridized carbons (Fsp3) is 0.529. The summed E-state index contributed by atoms with van der Waals surface area (Å²) in [6.45, 7) is 19.6. The molecule has 1 aromatic carbocycles. The molecule has 0 saturated heterocycles. The standard InChI is InChI=1S/C29H42N4.2C2H6.CO2.H2/c1-6-11-22(12-7-2)17-29-27(26-20-31-33(5)21-26)15-16-28(32-29)25-14-10-13-24(18-25)23(8-3)19-30-9-4;2*1-2;2-1-3;/h8,10,13-16,18,21-22,30-31H,6-7,9,11-12,17,19-20H2,1-5H3;2*1-2H3;;1H/b23-8+;;;;. The van der Waals surface area contributed by atoms with Gasteiger partial charge in [0.2, 0.25) is 0 Å². The first kappa shape index (κ1) is 37.0. The van der Waals surface area contributed by atoms with E-state index in [2.05, 4.69) is 99.2 Å². The molecule has 2 N–H and O–H groups in total. The number of hydrazine groups is 1. The van der Waals surface area contributed by atoms with Crippen LogP contribution in [0.3, 0.4) is 0 Å². The number of nitrogens with one attached hydrogen (secondary N) is 2. The number of allylic oxidation sites excluding steroid dienone is 1. The van der Waals surface area contributed by atoms with Crippen molar-refractivity contribution in [3.8, 4) is 11.3 Å². The molecule has 0 atom stereocenters. The lowest BCUT2D eigenvalue weighted by atomic mass is 9.90. The zero-order valence-electron chi connectivity index (χ0n) is 26.6. The quantitative estimate of drug-likeness (QED) is 0.278. The SMILES string of the molecule is C/C=C(\CNCC)c1cccc(-c2ccc(C3=CN(C)NC3)c(CC(CCC)CCC)n2)c1.CC.CC.O=C=O.[HH]. The third-order valence-corrected chi connectivity index (χ3v) is 6.51. The second-order valence-corrected chi connectivity index (χ2v) is 9.20. The molecule has 0 amide bonds.